The van der Waals surface area contributed by atoms with Crippen LogP contribution >= 0.6 is 0 Å². The van der Waals surface area contributed by atoms with E-state index in [1.54, 1.807) is 0 Å². The van der Waals surface area contributed by atoms with Crippen molar-refractivity contribution in [3.63, 3.8) is 0 Å². The van der Waals surface area contributed by atoms with E-state index >= 15 is 0 Å². The molecule has 0 radical (unpaired) electrons. The molecule has 0 unspecified atom stereocenters. The van der Waals surface area contributed by atoms with Gasteiger partial charge in [-0.1, -0.05) is 25.8 Å². The number of benzene rings is 1. The molecule has 1 heteroatoms. The molecule has 1 nitrogen and oxygen atoms in total. The fraction of sp³-hybridized carbons (Fsp3) is 0.231. The largest absolute Gasteiger partial charge is 0.358 e. The zero-order valence-corrected chi connectivity index (χ0v) is 8.46. The van der Waals surface area contributed by atoms with E-state index in [0.29, 0.717) is 5.92 Å². The second kappa shape index (κ2) is 3.23. The average molecular weight is 183 g/mol. The van der Waals surface area contributed by atoms with Gasteiger partial charge in [-0.2, -0.15) is 0 Å². The Kier molecular flexibility index (Phi) is 2.05. The summed E-state index contributed by atoms with van der Waals surface area (Å²) in [6, 6.07) is 8.16. The van der Waals surface area contributed by atoms with Gasteiger partial charge < -0.3 is 4.98 Å². The molecule has 14 heavy (non-hydrogen) atoms. The average Bonchev–Trinajstić information content (AvgIpc) is 2.60. The first kappa shape index (κ1) is 8.90. The smallest absolute Gasteiger partial charge is 0.0468 e. The van der Waals surface area contributed by atoms with Gasteiger partial charge in [-0.15, -0.1) is 6.42 Å². The first-order valence-corrected chi connectivity index (χ1v) is 4.80. The van der Waals surface area contributed by atoms with Gasteiger partial charge in [0.2, 0.25) is 0 Å². The highest BCUT2D eigenvalue weighted by atomic mass is 14.7. The lowest BCUT2D eigenvalue weighted by Gasteiger charge is -1.97. The summed E-state index contributed by atoms with van der Waals surface area (Å²) in [5, 5.41) is 1.15. The van der Waals surface area contributed by atoms with Crippen LogP contribution in [0.5, 0.6) is 0 Å². The molecule has 1 heterocycles. The first-order valence-electron chi connectivity index (χ1n) is 4.80. The van der Waals surface area contributed by atoms with Crippen LogP contribution in [-0.2, 0) is 0 Å². The van der Waals surface area contributed by atoms with E-state index in [-0.39, 0.29) is 0 Å². The Morgan fingerprint density at radius 2 is 2.14 bits per heavy atom. The molecule has 0 aliphatic carbocycles. The van der Waals surface area contributed by atoms with Crippen LogP contribution in [-0.4, -0.2) is 4.98 Å². The molecule has 1 N–H and O–H groups in total. The van der Waals surface area contributed by atoms with Crippen molar-refractivity contribution in [3.05, 3.63) is 35.5 Å². The van der Waals surface area contributed by atoms with Crippen molar-refractivity contribution in [1.29, 1.82) is 0 Å². The summed E-state index contributed by atoms with van der Waals surface area (Å²) >= 11 is 0. The predicted octanol–water partition coefficient (Wildman–Crippen LogP) is 3.27. The summed E-state index contributed by atoms with van der Waals surface area (Å²) in [6.07, 6.45) is 5.44. The molecule has 1 aromatic heterocycles. The van der Waals surface area contributed by atoms with Crippen molar-refractivity contribution in [2.45, 2.75) is 19.8 Å². The molecule has 70 valence electrons. The van der Waals surface area contributed by atoms with Gasteiger partial charge in [0.25, 0.3) is 0 Å². The number of hydrogen-bond acceptors (Lipinski definition) is 0. The molecule has 0 spiro atoms. The van der Waals surface area contributed by atoms with Crippen LogP contribution in [0.25, 0.3) is 10.9 Å². The van der Waals surface area contributed by atoms with E-state index in [9.17, 15) is 0 Å². The van der Waals surface area contributed by atoms with Gasteiger partial charge in [0, 0.05) is 22.2 Å². The van der Waals surface area contributed by atoms with Crippen LogP contribution in [0.15, 0.2) is 24.3 Å². The van der Waals surface area contributed by atoms with Crippen molar-refractivity contribution in [2.75, 3.05) is 0 Å². The molecule has 0 fully saturated rings. The highest BCUT2D eigenvalue weighted by molar-refractivity contribution is 5.86. The number of nitrogens with one attached hydrogen (secondary N) is 1. The van der Waals surface area contributed by atoms with Crippen molar-refractivity contribution in [3.8, 4) is 12.3 Å². The summed E-state index contributed by atoms with van der Waals surface area (Å²) in [5.74, 6) is 3.21. The minimum atomic E-state index is 0.507. The summed E-state index contributed by atoms with van der Waals surface area (Å²) in [5.41, 5.74) is 3.33. The number of terminal acetylenes is 1. The lowest BCUT2D eigenvalue weighted by atomic mass is 10.1. The van der Waals surface area contributed by atoms with Gasteiger partial charge in [0.1, 0.15) is 0 Å². The van der Waals surface area contributed by atoms with E-state index in [1.807, 2.05) is 12.1 Å². The van der Waals surface area contributed by atoms with Crippen LogP contribution in [0.4, 0.5) is 0 Å². The van der Waals surface area contributed by atoms with E-state index in [2.05, 4.69) is 36.9 Å². The number of H-pyrrole nitrogens is 1. The van der Waals surface area contributed by atoms with Crippen molar-refractivity contribution in [1.82, 2.24) is 4.98 Å². The minimum Gasteiger partial charge on any atom is -0.358 e. The third kappa shape index (κ3) is 1.29. The fourth-order valence-electron chi connectivity index (χ4n) is 1.61. The van der Waals surface area contributed by atoms with E-state index < -0.39 is 0 Å². The number of aromatic nitrogens is 1. The van der Waals surface area contributed by atoms with E-state index in [4.69, 9.17) is 6.42 Å². The topological polar surface area (TPSA) is 15.8 Å². The maximum absolute atomic E-state index is 5.44. The molecule has 0 saturated heterocycles. The number of hydrogen-bond donors (Lipinski definition) is 1. The standard InChI is InChI=1S/C13H13N/c1-4-10-6-5-7-12-11(10)8-13(14-12)9(2)3/h1,5-9,14H,2-3H3. The van der Waals surface area contributed by atoms with Gasteiger partial charge in [-0.25, -0.2) is 0 Å². The Morgan fingerprint density at radius 1 is 1.36 bits per heavy atom. The van der Waals surface area contributed by atoms with Gasteiger partial charge >= 0.3 is 0 Å². The third-order valence-electron chi connectivity index (χ3n) is 2.46. The molecule has 2 aromatic rings. The highest BCUT2D eigenvalue weighted by Gasteiger charge is 2.05. The van der Waals surface area contributed by atoms with Crippen molar-refractivity contribution in [2.24, 2.45) is 0 Å². The Bertz CT molecular complexity index is 497. The second-order valence-electron chi connectivity index (χ2n) is 3.79. The lowest BCUT2D eigenvalue weighted by molar-refractivity contribution is 0.836. The van der Waals surface area contributed by atoms with Crippen LogP contribution in [0.2, 0.25) is 0 Å². The fourth-order valence-corrected chi connectivity index (χ4v) is 1.61. The Hall–Kier alpha value is -1.68. The van der Waals surface area contributed by atoms with Gasteiger partial charge in [-0.05, 0) is 24.1 Å². The molecule has 2 rings (SSSR count). The van der Waals surface area contributed by atoms with Gasteiger partial charge in [0.15, 0.2) is 0 Å². The second-order valence-corrected chi connectivity index (χ2v) is 3.79. The Morgan fingerprint density at radius 3 is 2.79 bits per heavy atom. The van der Waals surface area contributed by atoms with Crippen molar-refractivity contribution < 1.29 is 0 Å². The number of rotatable bonds is 1. The number of fused-ring (bicyclic) bond motifs is 1. The molecule has 0 aliphatic rings. The molecule has 0 saturated carbocycles. The molecular weight excluding hydrogens is 170 g/mol. The summed E-state index contributed by atoms with van der Waals surface area (Å²) < 4.78 is 0. The normalized spacial score (nSPS) is 10.7. The van der Waals surface area contributed by atoms with E-state index in [0.717, 1.165) is 16.5 Å². The summed E-state index contributed by atoms with van der Waals surface area (Å²) in [7, 11) is 0. The maximum Gasteiger partial charge on any atom is 0.0468 e. The first-order chi connectivity index (χ1) is 6.72. The predicted molar refractivity (Wildman–Crippen MR) is 60.3 cm³/mol. The molecular formula is C13H13N. The van der Waals surface area contributed by atoms with Crippen LogP contribution in [0.3, 0.4) is 0 Å². The van der Waals surface area contributed by atoms with Crippen molar-refractivity contribution >= 4 is 10.9 Å². The highest BCUT2D eigenvalue weighted by Crippen LogP contribution is 2.23. The molecule has 1 aromatic carbocycles. The third-order valence-corrected chi connectivity index (χ3v) is 2.46. The quantitative estimate of drug-likeness (QED) is 0.653. The maximum atomic E-state index is 5.44. The lowest BCUT2D eigenvalue weighted by Crippen LogP contribution is -1.84. The van der Waals surface area contributed by atoms with Gasteiger partial charge in [0.05, 0.1) is 0 Å². The number of aromatic amines is 1. The molecule has 0 aliphatic heterocycles. The SMILES string of the molecule is C#Cc1cccc2[nH]c(C(C)C)cc12. The zero-order chi connectivity index (χ0) is 10.1. The van der Waals surface area contributed by atoms with Gasteiger partial charge in [-0.3, -0.25) is 0 Å². The monoisotopic (exact) mass is 183 g/mol. The van der Waals surface area contributed by atoms with Crippen LogP contribution in [0, 0.1) is 12.3 Å². The Balaban J connectivity index is 2.72. The molecule has 0 amide bonds. The zero-order valence-electron chi connectivity index (χ0n) is 8.46. The summed E-state index contributed by atoms with van der Waals surface area (Å²) in [6.45, 7) is 4.33. The van der Waals surface area contributed by atoms with Crippen LogP contribution in [0.1, 0.15) is 31.0 Å². The molecule has 0 atom stereocenters. The summed E-state index contributed by atoms with van der Waals surface area (Å²) in [4.78, 5) is 3.37. The Labute approximate surface area is 84.1 Å². The van der Waals surface area contributed by atoms with E-state index in [1.165, 1.54) is 5.69 Å². The van der Waals surface area contributed by atoms with Crippen LogP contribution < -0.4 is 0 Å². The molecule has 0 bridgehead atoms. The minimum absolute atomic E-state index is 0.507.